The molecule has 0 amide bonds. The fourth-order valence-corrected chi connectivity index (χ4v) is 2.51. The van der Waals surface area contributed by atoms with Crippen LogP contribution in [0.5, 0.6) is 5.75 Å². The number of hydrogen-bond donors (Lipinski definition) is 0. The summed E-state index contributed by atoms with van der Waals surface area (Å²) in [7, 11) is 1.62. The van der Waals surface area contributed by atoms with E-state index in [1.807, 2.05) is 30.3 Å². The topological polar surface area (TPSA) is 87.7 Å². The van der Waals surface area contributed by atoms with Crippen molar-refractivity contribution in [2.24, 2.45) is 0 Å². The Balaban J connectivity index is 1.63. The summed E-state index contributed by atoms with van der Waals surface area (Å²) < 4.78 is 8.05. The Hall–Kier alpha value is -3.55. The van der Waals surface area contributed by atoms with Crippen molar-refractivity contribution in [2.75, 3.05) is 7.11 Å². The molecule has 0 unspecified atom stereocenters. The first-order valence-electron chi connectivity index (χ1n) is 7.63. The molecular weight excluding hydrogens is 320 g/mol. The normalized spacial score (nSPS) is 10.9. The Kier molecular flexibility index (Phi) is 3.70. The standard InChI is InChI=1S/C17H14N6O2/c1-25-14-8-6-13(7-9-14)22-10-12(18-20-22)11-23-17(24)15-4-2-3-5-16(15)19-21-23/h2-10H,11H2,1H3. The van der Waals surface area contributed by atoms with Gasteiger partial charge in [-0.05, 0) is 36.4 Å². The Morgan fingerprint density at radius 3 is 2.60 bits per heavy atom. The second-order valence-corrected chi connectivity index (χ2v) is 5.42. The summed E-state index contributed by atoms with van der Waals surface area (Å²) in [6.45, 7) is 0.201. The lowest BCUT2D eigenvalue weighted by molar-refractivity contribution is 0.414. The highest BCUT2D eigenvalue weighted by atomic mass is 16.5. The molecule has 0 atom stereocenters. The average molecular weight is 334 g/mol. The van der Waals surface area contributed by atoms with Crippen LogP contribution in [0.15, 0.2) is 59.5 Å². The number of hydrogen-bond acceptors (Lipinski definition) is 6. The quantitative estimate of drug-likeness (QED) is 0.561. The van der Waals surface area contributed by atoms with Crippen molar-refractivity contribution >= 4 is 10.9 Å². The number of benzene rings is 2. The predicted octanol–water partition coefficient (Wildman–Crippen LogP) is 1.43. The minimum Gasteiger partial charge on any atom is -0.497 e. The van der Waals surface area contributed by atoms with Gasteiger partial charge in [0.25, 0.3) is 5.56 Å². The summed E-state index contributed by atoms with van der Waals surface area (Å²) in [4.78, 5) is 12.5. The van der Waals surface area contributed by atoms with Crippen molar-refractivity contribution in [1.82, 2.24) is 30.0 Å². The van der Waals surface area contributed by atoms with Crippen LogP contribution < -0.4 is 10.3 Å². The van der Waals surface area contributed by atoms with Crippen molar-refractivity contribution in [1.29, 1.82) is 0 Å². The Bertz CT molecular complexity index is 1080. The predicted molar refractivity (Wildman–Crippen MR) is 90.8 cm³/mol. The fraction of sp³-hybridized carbons (Fsp3) is 0.118. The second-order valence-electron chi connectivity index (χ2n) is 5.42. The lowest BCUT2D eigenvalue weighted by Crippen LogP contribution is -2.24. The number of rotatable bonds is 4. The molecule has 2 aromatic carbocycles. The van der Waals surface area contributed by atoms with Crippen molar-refractivity contribution in [3.8, 4) is 11.4 Å². The van der Waals surface area contributed by atoms with Crippen LogP contribution >= 0.6 is 0 Å². The third-order valence-corrected chi connectivity index (χ3v) is 3.82. The van der Waals surface area contributed by atoms with E-state index in [1.54, 1.807) is 36.2 Å². The van der Waals surface area contributed by atoms with E-state index in [2.05, 4.69) is 20.6 Å². The van der Waals surface area contributed by atoms with E-state index < -0.39 is 0 Å². The van der Waals surface area contributed by atoms with E-state index in [4.69, 9.17) is 4.74 Å². The smallest absolute Gasteiger partial charge is 0.277 e. The van der Waals surface area contributed by atoms with Crippen LogP contribution in [-0.4, -0.2) is 37.1 Å². The van der Waals surface area contributed by atoms with Gasteiger partial charge in [-0.25, -0.2) is 9.36 Å². The van der Waals surface area contributed by atoms with Crippen LogP contribution in [0.3, 0.4) is 0 Å². The summed E-state index contributed by atoms with van der Waals surface area (Å²) in [6.07, 6.45) is 1.76. The van der Waals surface area contributed by atoms with Crippen LogP contribution in [0, 0.1) is 0 Å². The maximum absolute atomic E-state index is 12.5. The molecule has 2 aromatic heterocycles. The van der Waals surface area contributed by atoms with Gasteiger partial charge in [0.15, 0.2) is 0 Å². The molecule has 8 nitrogen and oxygen atoms in total. The van der Waals surface area contributed by atoms with E-state index in [0.29, 0.717) is 16.6 Å². The van der Waals surface area contributed by atoms with Crippen LogP contribution in [0.1, 0.15) is 5.69 Å². The zero-order chi connectivity index (χ0) is 17.2. The highest BCUT2D eigenvalue weighted by molar-refractivity contribution is 5.76. The summed E-state index contributed by atoms with van der Waals surface area (Å²) in [6, 6.07) is 14.5. The molecule has 0 radical (unpaired) electrons. The SMILES string of the molecule is COc1ccc(-n2cc(Cn3nnc4ccccc4c3=O)nn2)cc1. The maximum atomic E-state index is 12.5. The molecular formula is C17H14N6O2. The van der Waals surface area contributed by atoms with Gasteiger partial charge < -0.3 is 4.74 Å². The van der Waals surface area contributed by atoms with E-state index in [0.717, 1.165) is 11.4 Å². The largest absolute Gasteiger partial charge is 0.497 e. The van der Waals surface area contributed by atoms with Gasteiger partial charge >= 0.3 is 0 Å². The first kappa shape index (κ1) is 15.0. The lowest BCUT2D eigenvalue weighted by Gasteiger charge is -2.03. The molecule has 2 heterocycles. The van der Waals surface area contributed by atoms with Gasteiger partial charge in [-0.15, -0.1) is 10.2 Å². The highest BCUT2D eigenvalue weighted by Crippen LogP contribution is 2.14. The molecule has 0 aliphatic carbocycles. The first-order chi connectivity index (χ1) is 12.2. The van der Waals surface area contributed by atoms with Crippen LogP contribution in [0.25, 0.3) is 16.6 Å². The number of ether oxygens (including phenoxy) is 1. The molecule has 0 saturated heterocycles. The van der Waals surface area contributed by atoms with E-state index in [9.17, 15) is 4.79 Å². The van der Waals surface area contributed by atoms with E-state index in [1.165, 1.54) is 4.68 Å². The molecule has 0 fully saturated rings. The van der Waals surface area contributed by atoms with Gasteiger partial charge in [0.1, 0.15) is 17.0 Å². The molecule has 0 aliphatic heterocycles. The van der Waals surface area contributed by atoms with Gasteiger partial charge in [-0.1, -0.05) is 22.6 Å². The summed E-state index contributed by atoms with van der Waals surface area (Å²) in [5.74, 6) is 0.766. The molecule has 0 saturated carbocycles. The Morgan fingerprint density at radius 1 is 1.00 bits per heavy atom. The molecule has 8 heteroatoms. The third-order valence-electron chi connectivity index (χ3n) is 3.82. The van der Waals surface area contributed by atoms with Crippen molar-refractivity contribution in [3.05, 3.63) is 70.8 Å². The summed E-state index contributed by atoms with van der Waals surface area (Å²) in [5, 5.41) is 16.8. The molecule has 0 spiro atoms. The maximum Gasteiger partial charge on any atom is 0.277 e. The minimum atomic E-state index is -0.204. The fourth-order valence-electron chi connectivity index (χ4n) is 2.51. The van der Waals surface area contributed by atoms with Gasteiger partial charge in [0.05, 0.1) is 30.9 Å². The van der Waals surface area contributed by atoms with E-state index >= 15 is 0 Å². The zero-order valence-electron chi connectivity index (χ0n) is 13.4. The number of aromatic nitrogens is 6. The van der Waals surface area contributed by atoms with Crippen molar-refractivity contribution in [2.45, 2.75) is 6.54 Å². The molecule has 124 valence electrons. The molecule has 25 heavy (non-hydrogen) atoms. The van der Waals surface area contributed by atoms with Gasteiger partial charge in [0.2, 0.25) is 0 Å². The van der Waals surface area contributed by atoms with E-state index in [-0.39, 0.29) is 12.1 Å². The lowest BCUT2D eigenvalue weighted by atomic mass is 10.2. The van der Waals surface area contributed by atoms with Crippen LogP contribution in [0.4, 0.5) is 0 Å². The van der Waals surface area contributed by atoms with Crippen LogP contribution in [-0.2, 0) is 6.54 Å². The van der Waals surface area contributed by atoms with Gasteiger partial charge in [0, 0.05) is 0 Å². The number of nitrogens with zero attached hydrogens (tertiary/aromatic N) is 6. The molecule has 0 N–H and O–H groups in total. The molecule has 0 bridgehead atoms. The average Bonchev–Trinajstić information content (AvgIpc) is 3.13. The molecule has 0 aliphatic rings. The first-order valence-corrected chi connectivity index (χ1v) is 7.63. The Morgan fingerprint density at radius 2 is 1.80 bits per heavy atom. The van der Waals surface area contributed by atoms with Crippen molar-refractivity contribution in [3.63, 3.8) is 0 Å². The second kappa shape index (κ2) is 6.16. The minimum absolute atomic E-state index is 0.201. The zero-order valence-corrected chi connectivity index (χ0v) is 13.4. The number of methoxy groups -OCH3 is 1. The summed E-state index contributed by atoms with van der Waals surface area (Å²) >= 11 is 0. The molecule has 4 aromatic rings. The van der Waals surface area contributed by atoms with Crippen molar-refractivity contribution < 1.29 is 4.74 Å². The number of fused-ring (bicyclic) bond motifs is 1. The van der Waals surface area contributed by atoms with Gasteiger partial charge in [-0.3, -0.25) is 4.79 Å². The third kappa shape index (κ3) is 2.85. The van der Waals surface area contributed by atoms with Gasteiger partial charge in [-0.2, -0.15) is 0 Å². The van der Waals surface area contributed by atoms with Crippen LogP contribution in [0.2, 0.25) is 0 Å². The molecule has 4 rings (SSSR count). The summed E-state index contributed by atoms with van der Waals surface area (Å²) in [5.41, 5.74) is 1.83. The highest BCUT2D eigenvalue weighted by Gasteiger charge is 2.09. The Labute approximate surface area is 142 Å². The monoisotopic (exact) mass is 334 g/mol.